The van der Waals surface area contributed by atoms with Crippen molar-refractivity contribution in [3.05, 3.63) is 70.4 Å². The number of nitrogens with zero attached hydrogens (tertiary/aromatic N) is 1. The van der Waals surface area contributed by atoms with E-state index in [1.807, 2.05) is 0 Å². The van der Waals surface area contributed by atoms with Gasteiger partial charge in [-0.05, 0) is 18.2 Å². The van der Waals surface area contributed by atoms with Gasteiger partial charge in [0.05, 0.1) is 25.2 Å². The SMILES string of the molecule is C=C1NC(=O)N[C@H](c2ccc(OC)cc2OC)[C@H]1C(=O)Nc1cccc([N+](=O)[O-])c1. The third kappa shape index (κ3) is 4.17. The van der Waals surface area contributed by atoms with E-state index in [9.17, 15) is 19.7 Å². The third-order valence-corrected chi connectivity index (χ3v) is 4.65. The standard InChI is InChI=1S/C20H20N4O6/c1-11-17(19(25)22-12-5-4-6-13(9-12)24(27)28)18(23-20(26)21-11)15-8-7-14(29-2)10-16(15)30-3/h4-10,17-18H,1H2,2-3H3,(H,22,25)(H2,21,23,26)/t17-,18+/m0/s1. The number of urea groups is 1. The van der Waals surface area contributed by atoms with E-state index in [1.54, 1.807) is 18.2 Å². The van der Waals surface area contributed by atoms with Crippen LogP contribution in [-0.2, 0) is 4.79 Å². The lowest BCUT2D eigenvalue weighted by atomic mass is 9.87. The van der Waals surface area contributed by atoms with Gasteiger partial charge in [0.15, 0.2) is 0 Å². The molecule has 10 heteroatoms. The van der Waals surface area contributed by atoms with Gasteiger partial charge in [0, 0.05) is 35.1 Å². The van der Waals surface area contributed by atoms with Crippen molar-refractivity contribution in [2.75, 3.05) is 19.5 Å². The summed E-state index contributed by atoms with van der Waals surface area (Å²) in [6, 6.07) is 9.29. The molecule has 1 aliphatic heterocycles. The van der Waals surface area contributed by atoms with Crippen molar-refractivity contribution in [1.82, 2.24) is 10.6 Å². The second kappa shape index (κ2) is 8.52. The van der Waals surface area contributed by atoms with E-state index in [2.05, 4.69) is 22.5 Å². The minimum atomic E-state index is -0.913. The van der Waals surface area contributed by atoms with Crippen LogP contribution in [0.4, 0.5) is 16.2 Å². The average molecular weight is 412 g/mol. The zero-order valence-electron chi connectivity index (χ0n) is 16.3. The summed E-state index contributed by atoms with van der Waals surface area (Å²) in [5.41, 5.74) is 0.826. The Hall–Kier alpha value is -4.08. The molecule has 1 aliphatic rings. The first-order valence-electron chi connectivity index (χ1n) is 8.87. The number of hydrogen-bond donors (Lipinski definition) is 3. The summed E-state index contributed by atoms with van der Waals surface area (Å²) in [6.45, 7) is 3.81. The van der Waals surface area contributed by atoms with Crippen LogP contribution in [0.5, 0.6) is 11.5 Å². The van der Waals surface area contributed by atoms with Gasteiger partial charge < -0.3 is 25.4 Å². The Morgan fingerprint density at radius 3 is 2.63 bits per heavy atom. The fourth-order valence-corrected chi connectivity index (χ4v) is 3.24. The largest absolute Gasteiger partial charge is 0.497 e. The lowest BCUT2D eigenvalue weighted by Crippen LogP contribution is -2.51. The maximum Gasteiger partial charge on any atom is 0.319 e. The van der Waals surface area contributed by atoms with E-state index in [-0.39, 0.29) is 17.1 Å². The number of hydrogen-bond acceptors (Lipinski definition) is 6. The first-order valence-corrected chi connectivity index (χ1v) is 8.87. The monoisotopic (exact) mass is 412 g/mol. The molecule has 3 amide bonds. The molecule has 1 saturated heterocycles. The van der Waals surface area contributed by atoms with Crippen LogP contribution in [0.2, 0.25) is 0 Å². The van der Waals surface area contributed by atoms with Crippen LogP contribution >= 0.6 is 0 Å². The minimum absolute atomic E-state index is 0.157. The highest BCUT2D eigenvalue weighted by Gasteiger charge is 2.39. The molecule has 0 saturated carbocycles. The highest BCUT2D eigenvalue weighted by Crippen LogP contribution is 2.37. The summed E-state index contributed by atoms with van der Waals surface area (Å²) in [5.74, 6) is -0.449. The molecule has 156 valence electrons. The van der Waals surface area contributed by atoms with Gasteiger partial charge in [-0.1, -0.05) is 12.6 Å². The number of nitrogens with one attached hydrogen (secondary N) is 3. The topological polar surface area (TPSA) is 132 Å². The molecule has 10 nitrogen and oxygen atoms in total. The highest BCUT2D eigenvalue weighted by atomic mass is 16.6. The molecule has 0 spiro atoms. The van der Waals surface area contributed by atoms with Crippen LogP contribution < -0.4 is 25.4 Å². The summed E-state index contributed by atoms with van der Waals surface area (Å²) < 4.78 is 10.6. The van der Waals surface area contributed by atoms with Crippen molar-refractivity contribution >= 4 is 23.3 Å². The molecule has 0 aromatic heterocycles. The lowest BCUT2D eigenvalue weighted by molar-refractivity contribution is -0.384. The van der Waals surface area contributed by atoms with Crippen LogP contribution in [0.25, 0.3) is 0 Å². The molecule has 2 aromatic rings. The summed E-state index contributed by atoms with van der Waals surface area (Å²) in [5, 5.41) is 18.9. The maximum absolute atomic E-state index is 13.1. The number of nitro benzene ring substituents is 1. The fourth-order valence-electron chi connectivity index (χ4n) is 3.24. The third-order valence-electron chi connectivity index (χ3n) is 4.65. The second-order valence-electron chi connectivity index (χ2n) is 6.48. The van der Waals surface area contributed by atoms with E-state index in [0.717, 1.165) is 0 Å². The molecule has 0 aliphatic carbocycles. The first kappa shape index (κ1) is 20.6. The lowest BCUT2D eigenvalue weighted by Gasteiger charge is -2.34. The minimum Gasteiger partial charge on any atom is -0.497 e. The van der Waals surface area contributed by atoms with Crippen molar-refractivity contribution in [2.24, 2.45) is 5.92 Å². The van der Waals surface area contributed by atoms with Gasteiger partial charge in [0.25, 0.3) is 5.69 Å². The Morgan fingerprint density at radius 1 is 1.20 bits per heavy atom. The summed E-state index contributed by atoms with van der Waals surface area (Å²) >= 11 is 0. The van der Waals surface area contributed by atoms with Crippen LogP contribution in [0.15, 0.2) is 54.7 Å². The van der Waals surface area contributed by atoms with Crippen LogP contribution in [0, 0.1) is 16.0 Å². The van der Waals surface area contributed by atoms with Crippen LogP contribution in [-0.4, -0.2) is 31.1 Å². The number of methoxy groups -OCH3 is 2. The smallest absolute Gasteiger partial charge is 0.319 e. The van der Waals surface area contributed by atoms with Gasteiger partial charge in [-0.2, -0.15) is 0 Å². The Kier molecular flexibility index (Phi) is 5.86. The molecule has 3 rings (SSSR count). The molecule has 30 heavy (non-hydrogen) atoms. The van der Waals surface area contributed by atoms with E-state index in [1.165, 1.54) is 38.5 Å². The van der Waals surface area contributed by atoms with E-state index in [4.69, 9.17) is 9.47 Å². The molecule has 0 radical (unpaired) electrons. The Bertz CT molecular complexity index is 1020. The van der Waals surface area contributed by atoms with Gasteiger partial charge in [-0.25, -0.2) is 4.79 Å². The van der Waals surface area contributed by atoms with E-state index in [0.29, 0.717) is 17.1 Å². The molecule has 0 bridgehead atoms. The number of ether oxygens (including phenoxy) is 2. The Balaban J connectivity index is 1.95. The number of carbonyl (C=O) groups is 2. The predicted molar refractivity (Wildman–Crippen MR) is 108 cm³/mol. The second-order valence-corrected chi connectivity index (χ2v) is 6.48. The predicted octanol–water partition coefficient (Wildman–Crippen LogP) is 2.73. The zero-order valence-corrected chi connectivity index (χ0v) is 16.3. The number of carbonyl (C=O) groups excluding carboxylic acids is 2. The first-order chi connectivity index (χ1) is 14.3. The quantitative estimate of drug-likeness (QED) is 0.494. The molecular formula is C20H20N4O6. The van der Waals surface area contributed by atoms with Gasteiger partial charge in [-0.15, -0.1) is 0 Å². The number of nitro groups is 1. The van der Waals surface area contributed by atoms with Crippen molar-refractivity contribution in [3.63, 3.8) is 0 Å². The summed E-state index contributed by atoms with van der Waals surface area (Å²) in [7, 11) is 2.98. The average Bonchev–Trinajstić information content (AvgIpc) is 2.72. The van der Waals surface area contributed by atoms with Crippen molar-refractivity contribution < 1.29 is 24.0 Å². The maximum atomic E-state index is 13.1. The number of benzene rings is 2. The van der Waals surface area contributed by atoms with Crippen LogP contribution in [0.3, 0.4) is 0 Å². The van der Waals surface area contributed by atoms with Gasteiger partial charge in [0.1, 0.15) is 17.4 Å². The molecular weight excluding hydrogens is 392 g/mol. The Labute approximate surface area is 172 Å². The molecule has 1 fully saturated rings. The normalized spacial score (nSPS) is 18.1. The van der Waals surface area contributed by atoms with E-state index >= 15 is 0 Å². The van der Waals surface area contributed by atoms with Crippen molar-refractivity contribution in [1.29, 1.82) is 0 Å². The number of anilines is 1. The van der Waals surface area contributed by atoms with Crippen molar-refractivity contribution in [3.8, 4) is 11.5 Å². The molecule has 1 heterocycles. The fraction of sp³-hybridized carbons (Fsp3) is 0.200. The van der Waals surface area contributed by atoms with Crippen molar-refractivity contribution in [2.45, 2.75) is 6.04 Å². The summed E-state index contributed by atoms with van der Waals surface area (Å²) in [4.78, 5) is 35.6. The highest BCUT2D eigenvalue weighted by molar-refractivity contribution is 5.97. The molecule has 2 aromatic carbocycles. The Morgan fingerprint density at radius 2 is 1.97 bits per heavy atom. The summed E-state index contributed by atoms with van der Waals surface area (Å²) in [6.07, 6.45) is 0. The molecule has 2 atom stereocenters. The van der Waals surface area contributed by atoms with E-state index < -0.39 is 28.8 Å². The zero-order chi connectivity index (χ0) is 21.8. The van der Waals surface area contributed by atoms with Crippen LogP contribution in [0.1, 0.15) is 11.6 Å². The number of rotatable bonds is 6. The van der Waals surface area contributed by atoms with Gasteiger partial charge in [0.2, 0.25) is 5.91 Å². The van der Waals surface area contributed by atoms with Gasteiger partial charge in [-0.3, -0.25) is 14.9 Å². The molecule has 3 N–H and O–H groups in total. The number of non-ortho nitro benzene ring substituents is 1. The molecule has 0 unspecified atom stereocenters. The van der Waals surface area contributed by atoms with Gasteiger partial charge >= 0.3 is 6.03 Å². The number of amides is 3.